The van der Waals surface area contributed by atoms with Crippen LogP contribution in [0.1, 0.15) is 47.6 Å². The van der Waals surface area contributed by atoms with E-state index in [4.69, 9.17) is 0 Å². The fraction of sp³-hybridized carbons (Fsp3) is 0.231. The van der Waals surface area contributed by atoms with E-state index < -0.39 is 0 Å². The zero-order chi connectivity index (χ0) is 17.7. The zero-order valence-electron chi connectivity index (χ0n) is 15.5. The Hall–Kier alpha value is -2.60. The minimum Gasteiger partial charge on any atom is -0.0795 e. The molecule has 0 saturated heterocycles. The van der Waals surface area contributed by atoms with Crippen molar-refractivity contribution in [2.75, 3.05) is 0 Å². The van der Waals surface area contributed by atoms with Crippen LogP contribution in [0.15, 0.2) is 72.8 Å². The maximum atomic E-state index is 2.47. The smallest absolute Gasteiger partial charge is 0.0153 e. The van der Waals surface area contributed by atoms with Gasteiger partial charge in [-0.3, -0.25) is 0 Å². The number of hydrogen-bond acceptors (Lipinski definition) is 0. The van der Waals surface area contributed by atoms with Crippen molar-refractivity contribution in [2.24, 2.45) is 5.41 Å². The van der Waals surface area contributed by atoms with Gasteiger partial charge in [0.2, 0.25) is 0 Å². The molecule has 0 spiro atoms. The summed E-state index contributed by atoms with van der Waals surface area (Å²) in [5.74, 6) is 0.438. The quantitative estimate of drug-likeness (QED) is 0.492. The third kappa shape index (κ3) is 2.36. The molecule has 0 N–H and O–H groups in total. The SMILES string of the molecule is CC1(C)Cc2cc3c(cc2C1c1ccccc1-c1ccccc1)C=CC3. The van der Waals surface area contributed by atoms with Gasteiger partial charge in [0.15, 0.2) is 0 Å². The molecule has 1 unspecified atom stereocenters. The maximum absolute atomic E-state index is 2.47. The molecule has 0 fully saturated rings. The lowest BCUT2D eigenvalue weighted by Crippen LogP contribution is -2.19. The van der Waals surface area contributed by atoms with Crippen LogP contribution < -0.4 is 0 Å². The molecule has 0 aromatic heterocycles. The van der Waals surface area contributed by atoms with Crippen LogP contribution in [0.25, 0.3) is 17.2 Å². The third-order valence-electron chi connectivity index (χ3n) is 6.13. The molecule has 1 atom stereocenters. The van der Waals surface area contributed by atoms with Crippen molar-refractivity contribution >= 4 is 6.08 Å². The number of hydrogen-bond donors (Lipinski definition) is 0. The van der Waals surface area contributed by atoms with Crippen LogP contribution in [-0.2, 0) is 12.8 Å². The Balaban J connectivity index is 1.71. The predicted octanol–water partition coefficient (Wildman–Crippen LogP) is 6.64. The first kappa shape index (κ1) is 15.6. The molecule has 26 heavy (non-hydrogen) atoms. The Morgan fingerprint density at radius 1 is 0.808 bits per heavy atom. The van der Waals surface area contributed by atoms with Crippen LogP contribution in [0.3, 0.4) is 0 Å². The molecular weight excluding hydrogens is 312 g/mol. The van der Waals surface area contributed by atoms with Crippen LogP contribution in [-0.4, -0.2) is 0 Å². The third-order valence-corrected chi connectivity index (χ3v) is 6.13. The van der Waals surface area contributed by atoms with Crippen molar-refractivity contribution in [3.8, 4) is 11.1 Å². The van der Waals surface area contributed by atoms with Crippen LogP contribution in [0.2, 0.25) is 0 Å². The van der Waals surface area contributed by atoms with Gasteiger partial charge in [-0.05, 0) is 57.2 Å². The van der Waals surface area contributed by atoms with Gasteiger partial charge in [-0.2, -0.15) is 0 Å². The normalized spacial score (nSPS) is 19.4. The average molecular weight is 336 g/mol. The molecule has 5 rings (SSSR count). The summed E-state index contributed by atoms with van der Waals surface area (Å²) in [6.45, 7) is 4.86. The van der Waals surface area contributed by atoms with E-state index in [2.05, 4.69) is 92.7 Å². The van der Waals surface area contributed by atoms with Gasteiger partial charge in [0.25, 0.3) is 0 Å². The monoisotopic (exact) mass is 336 g/mol. The highest BCUT2D eigenvalue weighted by Gasteiger charge is 2.41. The Morgan fingerprint density at radius 3 is 2.42 bits per heavy atom. The second-order valence-corrected chi connectivity index (χ2v) is 8.41. The van der Waals surface area contributed by atoms with Crippen molar-refractivity contribution < 1.29 is 0 Å². The number of benzene rings is 3. The first-order chi connectivity index (χ1) is 12.6. The summed E-state index contributed by atoms with van der Waals surface area (Å²) >= 11 is 0. The van der Waals surface area contributed by atoms with Crippen molar-refractivity contribution in [1.29, 1.82) is 0 Å². The van der Waals surface area contributed by atoms with Crippen molar-refractivity contribution in [1.82, 2.24) is 0 Å². The molecule has 0 heterocycles. The average Bonchev–Trinajstić information content (AvgIpc) is 3.20. The van der Waals surface area contributed by atoms with E-state index in [1.165, 1.54) is 33.4 Å². The molecule has 0 saturated carbocycles. The molecule has 3 aromatic carbocycles. The Morgan fingerprint density at radius 2 is 1.58 bits per heavy atom. The van der Waals surface area contributed by atoms with Crippen LogP contribution in [0, 0.1) is 5.41 Å². The summed E-state index contributed by atoms with van der Waals surface area (Å²) in [6.07, 6.45) is 6.83. The Labute approximate surface area is 156 Å². The zero-order valence-corrected chi connectivity index (χ0v) is 15.5. The molecular formula is C26H24. The lowest BCUT2D eigenvalue weighted by atomic mass is 9.73. The van der Waals surface area contributed by atoms with E-state index in [0.717, 1.165) is 12.8 Å². The van der Waals surface area contributed by atoms with Gasteiger partial charge < -0.3 is 0 Å². The second-order valence-electron chi connectivity index (χ2n) is 8.41. The molecule has 0 bridgehead atoms. The molecule has 0 nitrogen and oxygen atoms in total. The largest absolute Gasteiger partial charge is 0.0795 e. The molecule has 0 aliphatic heterocycles. The van der Waals surface area contributed by atoms with Gasteiger partial charge in [-0.1, -0.05) is 92.7 Å². The van der Waals surface area contributed by atoms with Crippen molar-refractivity contribution in [3.63, 3.8) is 0 Å². The number of rotatable bonds is 2. The van der Waals surface area contributed by atoms with Gasteiger partial charge in [0.1, 0.15) is 0 Å². The summed E-state index contributed by atoms with van der Waals surface area (Å²) < 4.78 is 0. The predicted molar refractivity (Wildman–Crippen MR) is 110 cm³/mol. The molecule has 2 aliphatic rings. The summed E-state index contributed by atoms with van der Waals surface area (Å²) in [5, 5.41) is 0. The first-order valence-corrected chi connectivity index (χ1v) is 9.60. The summed E-state index contributed by atoms with van der Waals surface area (Å²) in [7, 11) is 0. The van der Waals surface area contributed by atoms with Gasteiger partial charge >= 0.3 is 0 Å². The summed E-state index contributed by atoms with van der Waals surface area (Å²) in [5.41, 5.74) is 10.4. The van der Waals surface area contributed by atoms with Crippen molar-refractivity contribution in [3.05, 3.63) is 101 Å². The highest BCUT2D eigenvalue weighted by atomic mass is 14.4. The number of allylic oxidation sites excluding steroid dienone is 1. The van der Waals surface area contributed by atoms with E-state index in [1.54, 1.807) is 5.56 Å². The molecule has 0 heteroatoms. The van der Waals surface area contributed by atoms with Crippen LogP contribution in [0.5, 0.6) is 0 Å². The van der Waals surface area contributed by atoms with Crippen molar-refractivity contribution in [2.45, 2.75) is 32.6 Å². The standard InChI is InChI=1S/C26H24/c1-26(2)17-21-15-19-11-8-12-20(19)16-24(21)25(26)23-14-7-6-13-22(23)18-9-4-3-5-10-18/h3-10,12-16,25H,11,17H2,1-2H3. The van der Waals surface area contributed by atoms with E-state index in [9.17, 15) is 0 Å². The van der Waals surface area contributed by atoms with E-state index in [-0.39, 0.29) is 5.41 Å². The van der Waals surface area contributed by atoms with E-state index in [0.29, 0.717) is 5.92 Å². The minimum atomic E-state index is 0.228. The van der Waals surface area contributed by atoms with Gasteiger partial charge in [0, 0.05) is 5.92 Å². The van der Waals surface area contributed by atoms with Gasteiger partial charge in [0.05, 0.1) is 0 Å². The lowest BCUT2D eigenvalue weighted by Gasteiger charge is -2.30. The Kier molecular flexibility index (Phi) is 3.43. The molecule has 3 aromatic rings. The second kappa shape index (κ2) is 5.71. The molecule has 0 radical (unpaired) electrons. The molecule has 2 aliphatic carbocycles. The number of fused-ring (bicyclic) bond motifs is 2. The van der Waals surface area contributed by atoms with Crippen LogP contribution >= 0.6 is 0 Å². The minimum absolute atomic E-state index is 0.228. The summed E-state index contributed by atoms with van der Waals surface area (Å²) in [6, 6.07) is 24.8. The lowest BCUT2D eigenvalue weighted by molar-refractivity contribution is 0.347. The van der Waals surface area contributed by atoms with E-state index >= 15 is 0 Å². The molecule has 0 amide bonds. The topological polar surface area (TPSA) is 0 Å². The highest BCUT2D eigenvalue weighted by molar-refractivity contribution is 5.71. The van der Waals surface area contributed by atoms with Gasteiger partial charge in [-0.15, -0.1) is 0 Å². The Bertz CT molecular complexity index is 1010. The van der Waals surface area contributed by atoms with Gasteiger partial charge in [-0.25, -0.2) is 0 Å². The van der Waals surface area contributed by atoms with Crippen LogP contribution in [0.4, 0.5) is 0 Å². The summed E-state index contributed by atoms with van der Waals surface area (Å²) in [4.78, 5) is 0. The fourth-order valence-corrected chi connectivity index (χ4v) is 5.03. The van der Waals surface area contributed by atoms with E-state index in [1.807, 2.05) is 0 Å². The fourth-order valence-electron chi connectivity index (χ4n) is 5.03. The molecule has 128 valence electrons. The first-order valence-electron chi connectivity index (χ1n) is 9.60. The maximum Gasteiger partial charge on any atom is 0.0153 e. The highest BCUT2D eigenvalue weighted by Crippen LogP contribution is 2.53.